The maximum absolute atomic E-state index is 14.5. The molecule has 242 valence electrons. The topological polar surface area (TPSA) is 162 Å². The molecule has 11 nitrogen and oxygen atoms in total. The van der Waals surface area contributed by atoms with E-state index in [-0.39, 0.29) is 31.7 Å². The Bertz CT molecular complexity index is 1320. The van der Waals surface area contributed by atoms with Gasteiger partial charge >= 0.3 is 17.9 Å². The second kappa shape index (κ2) is 10.7. The molecule has 1 spiro atoms. The number of cyclic esters (lactones) is 1. The third-order valence-corrected chi connectivity index (χ3v) is 12.0. The molecule has 0 radical (unpaired) electrons. The average molecular weight is 617 g/mol. The molecule has 0 amide bonds. The minimum absolute atomic E-state index is 0.0443. The first-order valence-electron chi connectivity index (χ1n) is 15.9. The van der Waals surface area contributed by atoms with Gasteiger partial charge in [0.1, 0.15) is 17.5 Å². The van der Waals surface area contributed by atoms with E-state index in [0.717, 1.165) is 19.3 Å². The highest BCUT2D eigenvalue weighted by Gasteiger charge is 2.89. The van der Waals surface area contributed by atoms with Crippen molar-refractivity contribution >= 4 is 23.7 Å². The summed E-state index contributed by atoms with van der Waals surface area (Å²) in [6, 6.07) is 1.76. The minimum atomic E-state index is -1.52. The summed E-state index contributed by atoms with van der Waals surface area (Å²) in [6.45, 7) is 7.79. The first kappa shape index (κ1) is 31.2. The van der Waals surface area contributed by atoms with Crippen LogP contribution in [0.3, 0.4) is 0 Å². The van der Waals surface area contributed by atoms with Gasteiger partial charge in [-0.05, 0) is 58.4 Å². The zero-order valence-electron chi connectivity index (χ0n) is 26.0. The van der Waals surface area contributed by atoms with Crippen molar-refractivity contribution < 1.29 is 52.8 Å². The molecule has 11 heteroatoms. The Morgan fingerprint density at radius 2 is 1.73 bits per heavy atom. The average Bonchev–Trinajstić information content (AvgIpc) is 3.42. The molecule has 3 aliphatic heterocycles. The molecule has 2 saturated carbocycles. The van der Waals surface area contributed by atoms with Crippen molar-refractivity contribution in [1.82, 2.24) is 0 Å². The maximum atomic E-state index is 14.5. The summed E-state index contributed by atoms with van der Waals surface area (Å²) in [6.07, 6.45) is 4.85. The van der Waals surface area contributed by atoms with E-state index in [1.54, 1.807) is 12.3 Å². The molecule has 2 aliphatic carbocycles. The van der Waals surface area contributed by atoms with E-state index in [9.17, 15) is 24.3 Å². The van der Waals surface area contributed by atoms with Crippen molar-refractivity contribution in [1.29, 1.82) is 0 Å². The van der Waals surface area contributed by atoms with Gasteiger partial charge in [0.15, 0.2) is 6.10 Å². The number of hydrogen-bond donors (Lipinski definition) is 2. The Morgan fingerprint density at radius 1 is 1.02 bits per heavy atom. The summed E-state index contributed by atoms with van der Waals surface area (Å²) in [5.74, 6) is -2.81. The van der Waals surface area contributed by atoms with Gasteiger partial charge in [-0.15, -0.1) is 0 Å². The molecule has 4 heterocycles. The molecular formula is C33H44O11. The number of esters is 2. The SMILES string of the molecule is CC1(C)OC[C@@]2([C@@H](O)OC(=O)CCCCCCCC(=O)O)[C@H]3CC[C@]4(C)[C@H](c5ccoc5)OC(=O)[C@@H]5O[C@]54[C@]3(C)C(=O)C[C@@H]12. The molecule has 5 aliphatic rings. The van der Waals surface area contributed by atoms with Crippen LogP contribution >= 0.6 is 0 Å². The standard InChI is InChI=1S/C33H44O11/c1-29(2)21-16-22(34)31(4)20(12-14-30(3)25(19-13-15-40-17-19)43-27(38)26-33(30,31)44-26)32(21,18-41-29)28(39)42-24(37)11-9-7-5-6-8-10-23(35)36/h13,15,17,20-21,25-26,28,39H,5-12,14,16,18H2,1-4H3,(H,35,36)/t20-,21-,25-,26-,28-,30+,31-,32+,33+/m0/s1. The number of unbranched alkanes of at least 4 members (excludes halogenated alkanes) is 4. The first-order chi connectivity index (χ1) is 20.8. The molecule has 2 N–H and O–H groups in total. The molecule has 1 aromatic rings. The predicted molar refractivity (Wildman–Crippen MR) is 152 cm³/mol. The number of hydrogen-bond acceptors (Lipinski definition) is 10. The summed E-state index contributed by atoms with van der Waals surface area (Å²) in [4.78, 5) is 51.5. The number of carboxylic acid groups (broad SMARTS) is 1. The van der Waals surface area contributed by atoms with Gasteiger partial charge in [-0.1, -0.05) is 26.2 Å². The quantitative estimate of drug-likeness (QED) is 0.156. The Hall–Kier alpha value is -2.76. The van der Waals surface area contributed by atoms with Crippen LogP contribution in [0.15, 0.2) is 23.0 Å². The van der Waals surface area contributed by atoms with Crippen molar-refractivity contribution in [2.45, 2.75) is 122 Å². The number of aliphatic carboxylic acids is 1. The first-order valence-corrected chi connectivity index (χ1v) is 15.9. The monoisotopic (exact) mass is 616 g/mol. The third-order valence-electron chi connectivity index (χ3n) is 12.0. The Labute approximate surface area is 256 Å². The van der Waals surface area contributed by atoms with Gasteiger partial charge < -0.3 is 33.6 Å². The summed E-state index contributed by atoms with van der Waals surface area (Å²) in [7, 11) is 0. The Balaban J connectivity index is 1.26. The van der Waals surface area contributed by atoms with Gasteiger partial charge in [0.05, 0.1) is 35.6 Å². The second-order valence-electron chi connectivity index (χ2n) is 14.5. The van der Waals surface area contributed by atoms with E-state index in [4.69, 9.17) is 28.5 Å². The molecule has 5 fully saturated rings. The van der Waals surface area contributed by atoms with Gasteiger partial charge in [0.2, 0.25) is 6.29 Å². The van der Waals surface area contributed by atoms with Gasteiger partial charge in [-0.3, -0.25) is 14.4 Å². The van der Waals surface area contributed by atoms with Crippen LogP contribution in [-0.2, 0) is 38.1 Å². The fraction of sp³-hybridized carbons (Fsp3) is 0.758. The van der Waals surface area contributed by atoms with Crippen molar-refractivity contribution in [3.8, 4) is 0 Å². The number of furan rings is 1. The number of rotatable bonds is 11. The molecule has 0 unspecified atom stereocenters. The largest absolute Gasteiger partial charge is 0.481 e. The van der Waals surface area contributed by atoms with Crippen LogP contribution in [0.2, 0.25) is 0 Å². The number of Topliss-reactive ketones (excluding diaryl/α,β-unsaturated/α-hetero) is 1. The van der Waals surface area contributed by atoms with Crippen molar-refractivity contribution in [2.75, 3.05) is 6.61 Å². The highest BCUT2D eigenvalue weighted by molar-refractivity contribution is 5.93. The molecule has 6 rings (SSSR count). The number of aliphatic hydroxyl groups is 1. The lowest BCUT2D eigenvalue weighted by atomic mass is 9.38. The van der Waals surface area contributed by atoms with Crippen LogP contribution in [0.5, 0.6) is 0 Å². The lowest BCUT2D eigenvalue weighted by Gasteiger charge is -2.64. The number of aliphatic hydroxyl groups excluding tert-OH is 1. The molecule has 9 atom stereocenters. The highest BCUT2D eigenvalue weighted by Crippen LogP contribution is 2.79. The molecule has 3 saturated heterocycles. The fourth-order valence-corrected chi connectivity index (χ4v) is 9.79. The predicted octanol–water partition coefficient (Wildman–Crippen LogP) is 4.50. The zero-order valence-corrected chi connectivity index (χ0v) is 26.0. The number of carboxylic acids is 1. The number of carbonyl (C=O) groups is 4. The molecular weight excluding hydrogens is 572 g/mol. The summed E-state index contributed by atoms with van der Waals surface area (Å²) < 4.78 is 29.7. The van der Waals surface area contributed by atoms with Crippen LogP contribution in [0, 0.1) is 28.1 Å². The maximum Gasteiger partial charge on any atom is 0.339 e. The van der Waals surface area contributed by atoms with Crippen LogP contribution in [-0.4, -0.2) is 64.1 Å². The van der Waals surface area contributed by atoms with Crippen LogP contribution in [0.4, 0.5) is 0 Å². The van der Waals surface area contributed by atoms with E-state index in [0.29, 0.717) is 31.2 Å². The van der Waals surface area contributed by atoms with E-state index in [1.807, 2.05) is 27.7 Å². The summed E-state index contributed by atoms with van der Waals surface area (Å²) in [5, 5.41) is 20.7. The van der Waals surface area contributed by atoms with Gasteiger partial charge in [0, 0.05) is 36.2 Å². The summed E-state index contributed by atoms with van der Waals surface area (Å²) in [5.41, 5.74) is -4.23. The van der Waals surface area contributed by atoms with Crippen LogP contribution in [0.1, 0.15) is 104 Å². The lowest BCUT2D eigenvalue weighted by molar-refractivity contribution is -0.256. The van der Waals surface area contributed by atoms with Crippen LogP contribution in [0.25, 0.3) is 0 Å². The Morgan fingerprint density at radius 3 is 2.41 bits per heavy atom. The van der Waals surface area contributed by atoms with Gasteiger partial charge in [-0.2, -0.15) is 0 Å². The van der Waals surface area contributed by atoms with Crippen LogP contribution < -0.4 is 0 Å². The molecule has 0 bridgehead atoms. The number of ether oxygens (including phenoxy) is 4. The molecule has 44 heavy (non-hydrogen) atoms. The minimum Gasteiger partial charge on any atom is -0.481 e. The van der Waals surface area contributed by atoms with E-state index >= 15 is 0 Å². The van der Waals surface area contributed by atoms with Gasteiger partial charge in [-0.25, -0.2) is 4.79 Å². The Kier molecular flexibility index (Phi) is 7.57. The number of carbonyl (C=O) groups excluding carboxylic acids is 3. The number of fused-ring (bicyclic) bond motifs is 3. The van der Waals surface area contributed by atoms with E-state index in [1.165, 1.54) is 6.26 Å². The molecule has 0 aromatic carbocycles. The van der Waals surface area contributed by atoms with Crippen molar-refractivity contribution in [3.63, 3.8) is 0 Å². The van der Waals surface area contributed by atoms with E-state index in [2.05, 4.69) is 0 Å². The smallest absolute Gasteiger partial charge is 0.339 e. The highest BCUT2D eigenvalue weighted by atomic mass is 16.7. The van der Waals surface area contributed by atoms with Gasteiger partial charge in [0.25, 0.3) is 0 Å². The fourth-order valence-electron chi connectivity index (χ4n) is 9.79. The second-order valence-corrected chi connectivity index (χ2v) is 14.5. The zero-order chi connectivity index (χ0) is 31.7. The summed E-state index contributed by atoms with van der Waals surface area (Å²) >= 11 is 0. The van der Waals surface area contributed by atoms with Crippen molar-refractivity contribution in [3.05, 3.63) is 24.2 Å². The van der Waals surface area contributed by atoms with Crippen molar-refractivity contribution in [2.24, 2.45) is 28.1 Å². The number of epoxide rings is 1. The lowest BCUT2D eigenvalue weighted by Crippen LogP contribution is -2.72. The van der Waals surface area contributed by atoms with E-state index < -0.39 is 75.7 Å². The number of ketones is 1. The normalized spacial score (nSPS) is 40.6. The molecule has 1 aromatic heterocycles. The third kappa shape index (κ3) is 4.25.